The van der Waals surface area contributed by atoms with Crippen molar-refractivity contribution in [3.05, 3.63) is 23.7 Å². The number of nitrogens with two attached hydrogens (primary N) is 1. The van der Waals surface area contributed by atoms with Crippen LogP contribution < -0.4 is 5.73 Å². The zero-order chi connectivity index (χ0) is 8.39. The van der Waals surface area contributed by atoms with Crippen LogP contribution in [0.4, 0.5) is 0 Å². The van der Waals surface area contributed by atoms with Gasteiger partial charge in [-0.3, -0.25) is 4.98 Å². The number of aromatic nitrogens is 2. The smallest absolute Gasteiger partial charge is 0.238 e. The first-order chi connectivity index (χ1) is 5.90. The molecule has 2 aromatic heterocycles. The van der Waals surface area contributed by atoms with Gasteiger partial charge in [-0.25, -0.2) is 4.98 Å². The number of thiazole rings is 1. The number of rotatable bonds is 2. The maximum absolute atomic E-state index is 5.38. The van der Waals surface area contributed by atoms with Gasteiger partial charge in [-0.05, 0) is 0 Å². The van der Waals surface area contributed by atoms with Crippen LogP contribution in [-0.4, -0.2) is 9.97 Å². The van der Waals surface area contributed by atoms with Crippen molar-refractivity contribution in [3.8, 4) is 10.8 Å². The minimum absolute atomic E-state index is 0.405. The molecule has 2 rings (SSSR count). The van der Waals surface area contributed by atoms with Crippen LogP contribution in [0.25, 0.3) is 10.8 Å². The Hall–Kier alpha value is -1.20. The topological polar surface area (TPSA) is 64.9 Å². The molecule has 12 heavy (non-hydrogen) atoms. The molecular formula is C7H7N3OS. The van der Waals surface area contributed by atoms with Crippen LogP contribution in [0.15, 0.2) is 22.4 Å². The Morgan fingerprint density at radius 3 is 3.08 bits per heavy atom. The molecule has 0 atom stereocenters. The van der Waals surface area contributed by atoms with Gasteiger partial charge >= 0.3 is 0 Å². The molecule has 0 spiro atoms. The van der Waals surface area contributed by atoms with Crippen molar-refractivity contribution in [2.45, 2.75) is 6.54 Å². The molecule has 0 aliphatic rings. The van der Waals surface area contributed by atoms with Gasteiger partial charge in [-0.1, -0.05) is 0 Å². The summed E-state index contributed by atoms with van der Waals surface area (Å²) in [6, 6.07) is 0. The average molecular weight is 181 g/mol. The lowest BCUT2D eigenvalue weighted by Crippen LogP contribution is -1.95. The molecule has 0 aliphatic carbocycles. The predicted molar refractivity (Wildman–Crippen MR) is 45.5 cm³/mol. The summed E-state index contributed by atoms with van der Waals surface area (Å²) >= 11 is 1.49. The maximum atomic E-state index is 5.38. The van der Waals surface area contributed by atoms with Crippen LogP contribution in [0, 0.1) is 0 Å². The van der Waals surface area contributed by atoms with Crippen molar-refractivity contribution >= 4 is 11.3 Å². The van der Waals surface area contributed by atoms with Gasteiger partial charge in [0.25, 0.3) is 0 Å². The van der Waals surface area contributed by atoms with Gasteiger partial charge in [0.05, 0.1) is 17.4 Å². The third-order valence-corrected chi connectivity index (χ3v) is 2.17. The Bertz CT molecular complexity index is 354. The van der Waals surface area contributed by atoms with Crippen molar-refractivity contribution in [1.82, 2.24) is 9.97 Å². The Morgan fingerprint density at radius 1 is 1.58 bits per heavy atom. The second-order valence-electron chi connectivity index (χ2n) is 2.21. The molecule has 4 nitrogen and oxygen atoms in total. The average Bonchev–Trinajstić information content (AvgIpc) is 2.75. The Kier molecular flexibility index (Phi) is 1.89. The highest BCUT2D eigenvalue weighted by atomic mass is 32.1. The van der Waals surface area contributed by atoms with E-state index in [1.165, 1.54) is 11.3 Å². The third kappa shape index (κ3) is 1.24. The van der Waals surface area contributed by atoms with E-state index in [9.17, 15) is 0 Å². The van der Waals surface area contributed by atoms with Gasteiger partial charge in [-0.15, -0.1) is 11.3 Å². The first-order valence-corrected chi connectivity index (χ1v) is 4.31. The number of hydrogen-bond acceptors (Lipinski definition) is 5. The van der Waals surface area contributed by atoms with E-state index >= 15 is 0 Å². The van der Waals surface area contributed by atoms with E-state index in [1.807, 2.05) is 0 Å². The van der Waals surface area contributed by atoms with Crippen LogP contribution in [0.2, 0.25) is 0 Å². The molecule has 0 aromatic carbocycles. The van der Waals surface area contributed by atoms with E-state index in [2.05, 4.69) is 9.97 Å². The molecule has 0 saturated heterocycles. The number of nitrogens with zero attached hydrogens (tertiary/aromatic N) is 2. The van der Waals surface area contributed by atoms with E-state index in [4.69, 9.17) is 10.2 Å². The molecule has 0 fully saturated rings. The Morgan fingerprint density at radius 2 is 2.50 bits per heavy atom. The number of hydrogen-bond donors (Lipinski definition) is 1. The molecule has 2 aromatic rings. The number of oxazole rings is 1. The van der Waals surface area contributed by atoms with Crippen molar-refractivity contribution < 1.29 is 4.42 Å². The van der Waals surface area contributed by atoms with Crippen LogP contribution in [0.1, 0.15) is 5.69 Å². The molecule has 62 valence electrons. The summed E-state index contributed by atoms with van der Waals surface area (Å²) in [5.74, 6) is 0.595. The van der Waals surface area contributed by atoms with Crippen molar-refractivity contribution in [3.63, 3.8) is 0 Å². The lowest BCUT2D eigenvalue weighted by atomic mass is 10.5. The molecule has 0 aliphatic heterocycles. The van der Waals surface area contributed by atoms with E-state index in [0.717, 1.165) is 10.6 Å². The molecule has 2 heterocycles. The fourth-order valence-corrected chi connectivity index (χ4v) is 1.39. The monoisotopic (exact) mass is 181 g/mol. The first kappa shape index (κ1) is 7.45. The van der Waals surface area contributed by atoms with Crippen LogP contribution in [0.3, 0.4) is 0 Å². The summed E-state index contributed by atoms with van der Waals surface area (Å²) in [6.07, 6.45) is 3.28. The fourth-order valence-electron chi connectivity index (χ4n) is 0.835. The maximum Gasteiger partial charge on any atom is 0.238 e. The highest BCUT2D eigenvalue weighted by Crippen LogP contribution is 2.21. The largest absolute Gasteiger partial charge is 0.443 e. The molecular weight excluding hydrogens is 174 g/mol. The Balaban J connectivity index is 2.35. The quantitative estimate of drug-likeness (QED) is 0.757. The summed E-state index contributed by atoms with van der Waals surface area (Å²) in [5.41, 5.74) is 7.88. The van der Waals surface area contributed by atoms with Gasteiger partial charge in [0.1, 0.15) is 11.1 Å². The standard InChI is InChI=1S/C7H7N3OS/c8-1-5-3-11-7(10-5)6-2-9-4-12-6/h2-4H,1,8H2. The summed E-state index contributed by atoms with van der Waals surface area (Å²) in [7, 11) is 0. The normalized spacial score (nSPS) is 10.4. The van der Waals surface area contributed by atoms with E-state index in [1.54, 1.807) is 18.0 Å². The van der Waals surface area contributed by atoms with E-state index in [-0.39, 0.29) is 0 Å². The van der Waals surface area contributed by atoms with Gasteiger partial charge in [0.2, 0.25) is 5.89 Å². The fraction of sp³-hybridized carbons (Fsp3) is 0.143. The lowest BCUT2D eigenvalue weighted by Gasteiger charge is -1.83. The van der Waals surface area contributed by atoms with E-state index in [0.29, 0.717) is 12.4 Å². The minimum Gasteiger partial charge on any atom is -0.443 e. The molecule has 2 N–H and O–H groups in total. The van der Waals surface area contributed by atoms with E-state index < -0.39 is 0 Å². The second-order valence-corrected chi connectivity index (χ2v) is 3.10. The van der Waals surface area contributed by atoms with Gasteiger partial charge in [0, 0.05) is 6.54 Å². The zero-order valence-electron chi connectivity index (χ0n) is 6.23. The van der Waals surface area contributed by atoms with Gasteiger partial charge < -0.3 is 10.2 Å². The van der Waals surface area contributed by atoms with Gasteiger partial charge in [0.15, 0.2) is 0 Å². The summed E-state index contributed by atoms with van der Waals surface area (Å²) < 4.78 is 5.18. The van der Waals surface area contributed by atoms with Crippen molar-refractivity contribution in [1.29, 1.82) is 0 Å². The molecule has 0 saturated carbocycles. The van der Waals surface area contributed by atoms with Crippen molar-refractivity contribution in [2.75, 3.05) is 0 Å². The summed E-state index contributed by atoms with van der Waals surface area (Å²) in [5, 5.41) is 0. The zero-order valence-corrected chi connectivity index (χ0v) is 7.04. The van der Waals surface area contributed by atoms with Crippen LogP contribution in [-0.2, 0) is 6.54 Å². The highest BCUT2D eigenvalue weighted by molar-refractivity contribution is 7.13. The highest BCUT2D eigenvalue weighted by Gasteiger charge is 2.06. The van der Waals surface area contributed by atoms with Crippen LogP contribution >= 0.6 is 11.3 Å². The van der Waals surface area contributed by atoms with Crippen molar-refractivity contribution in [2.24, 2.45) is 5.73 Å². The first-order valence-electron chi connectivity index (χ1n) is 3.43. The molecule has 0 bridgehead atoms. The Labute approximate surface area is 73.1 Å². The molecule has 5 heteroatoms. The predicted octanol–water partition coefficient (Wildman–Crippen LogP) is 1.26. The summed E-state index contributed by atoms with van der Waals surface area (Å²) in [4.78, 5) is 9.00. The van der Waals surface area contributed by atoms with Gasteiger partial charge in [-0.2, -0.15) is 0 Å². The molecule has 0 radical (unpaired) electrons. The van der Waals surface area contributed by atoms with Crippen LogP contribution in [0.5, 0.6) is 0 Å². The minimum atomic E-state index is 0.405. The third-order valence-electron chi connectivity index (χ3n) is 1.40. The second kappa shape index (κ2) is 3.04. The molecule has 0 unspecified atom stereocenters. The lowest BCUT2D eigenvalue weighted by molar-refractivity contribution is 0.574. The molecule has 0 amide bonds. The summed E-state index contributed by atoms with van der Waals surface area (Å²) in [6.45, 7) is 0.405. The SMILES string of the molecule is NCc1coc(-c2cncs2)n1.